The van der Waals surface area contributed by atoms with E-state index in [0.717, 1.165) is 16.3 Å². The first kappa shape index (κ1) is 32.1. The van der Waals surface area contributed by atoms with Gasteiger partial charge in [0.15, 0.2) is 0 Å². The Morgan fingerprint density at radius 1 is 0.977 bits per heavy atom. The summed E-state index contributed by atoms with van der Waals surface area (Å²) in [6.07, 6.45) is 1.99. The lowest BCUT2D eigenvalue weighted by atomic mass is 9.75. The van der Waals surface area contributed by atoms with Gasteiger partial charge in [-0.3, -0.25) is 14.4 Å². The first-order valence-electron chi connectivity index (χ1n) is 14.7. The lowest BCUT2D eigenvalue weighted by Crippen LogP contribution is -2.57. The molecule has 3 amide bonds. The zero-order chi connectivity index (χ0) is 30.9. The van der Waals surface area contributed by atoms with Crippen LogP contribution in [0.2, 0.25) is 0 Å². The van der Waals surface area contributed by atoms with Gasteiger partial charge in [0.1, 0.15) is 6.04 Å². The number of carbonyl (C=O) groups is 3. The standard InChI is InChI=1S/C32H39BN4O5S/c1-21(2)18-28(33(41)42)36-32(43)26(19-22-10-4-3-5-11-22)35-31(40)27-16-9-17-37(27)29(38)20-34-30(39)25-15-8-13-23-12-6-7-14-24(23)25/h3-8,10-15,21,26-28,41-42H,9,16-20H2,1-2H3,(H,34,39)(H,35,40)(H,36,43)/t26-,27-,28-/m0/s1. The number of likely N-dealkylation sites (tertiary alicyclic amines) is 1. The van der Waals surface area contributed by atoms with Crippen LogP contribution in [0, 0.1) is 5.92 Å². The van der Waals surface area contributed by atoms with Gasteiger partial charge in [0.2, 0.25) is 11.8 Å². The van der Waals surface area contributed by atoms with E-state index in [1.54, 1.807) is 12.1 Å². The molecule has 0 bridgehead atoms. The van der Waals surface area contributed by atoms with Crippen molar-refractivity contribution in [3.8, 4) is 0 Å². The molecule has 0 spiro atoms. The molecule has 43 heavy (non-hydrogen) atoms. The summed E-state index contributed by atoms with van der Waals surface area (Å²) >= 11 is 5.67. The van der Waals surface area contributed by atoms with E-state index in [-0.39, 0.29) is 35.2 Å². The average Bonchev–Trinajstić information content (AvgIpc) is 3.49. The van der Waals surface area contributed by atoms with Gasteiger partial charge in [0, 0.05) is 12.1 Å². The third kappa shape index (κ3) is 8.62. The van der Waals surface area contributed by atoms with Crippen LogP contribution < -0.4 is 16.0 Å². The molecule has 0 radical (unpaired) electrons. The highest BCUT2D eigenvalue weighted by molar-refractivity contribution is 7.80. The van der Waals surface area contributed by atoms with Crippen molar-refractivity contribution in [2.45, 2.75) is 57.6 Å². The van der Waals surface area contributed by atoms with Crippen LogP contribution in [0.4, 0.5) is 0 Å². The summed E-state index contributed by atoms with van der Waals surface area (Å²) in [5.41, 5.74) is 1.42. The normalized spacial score (nSPS) is 16.0. The van der Waals surface area contributed by atoms with Gasteiger partial charge in [0.05, 0.1) is 23.5 Å². The van der Waals surface area contributed by atoms with Crippen molar-refractivity contribution in [2.75, 3.05) is 13.1 Å². The molecule has 0 aromatic heterocycles. The van der Waals surface area contributed by atoms with Crippen LogP contribution in [0.3, 0.4) is 0 Å². The molecule has 5 N–H and O–H groups in total. The molecule has 0 unspecified atom stereocenters. The van der Waals surface area contributed by atoms with Gasteiger partial charge in [-0.05, 0) is 54.0 Å². The number of amides is 3. The predicted octanol–water partition coefficient (Wildman–Crippen LogP) is 2.63. The molecule has 11 heteroatoms. The smallest absolute Gasteiger partial charge is 0.426 e. The first-order valence-corrected chi connectivity index (χ1v) is 15.1. The minimum Gasteiger partial charge on any atom is -0.426 e. The molecule has 226 valence electrons. The van der Waals surface area contributed by atoms with Crippen LogP contribution in [-0.2, 0) is 16.0 Å². The van der Waals surface area contributed by atoms with E-state index in [1.807, 2.05) is 74.5 Å². The number of thiocarbonyl (C=S) groups is 1. The summed E-state index contributed by atoms with van der Waals surface area (Å²) in [4.78, 5) is 41.6. The lowest BCUT2D eigenvalue weighted by Gasteiger charge is -2.29. The van der Waals surface area contributed by atoms with Gasteiger partial charge in [-0.15, -0.1) is 0 Å². The third-order valence-corrected chi connectivity index (χ3v) is 8.04. The van der Waals surface area contributed by atoms with E-state index in [2.05, 4.69) is 16.0 Å². The van der Waals surface area contributed by atoms with Crippen molar-refractivity contribution in [3.63, 3.8) is 0 Å². The van der Waals surface area contributed by atoms with Gasteiger partial charge in [-0.1, -0.05) is 92.8 Å². The highest BCUT2D eigenvalue weighted by Gasteiger charge is 2.36. The number of nitrogens with one attached hydrogen (secondary N) is 3. The minimum absolute atomic E-state index is 0.184. The van der Waals surface area contributed by atoms with Crippen LogP contribution in [-0.4, -0.2) is 75.9 Å². The zero-order valence-corrected chi connectivity index (χ0v) is 25.3. The van der Waals surface area contributed by atoms with Crippen molar-refractivity contribution in [3.05, 3.63) is 83.9 Å². The Hall–Kier alpha value is -3.80. The fraction of sp³-hybridized carbons (Fsp3) is 0.375. The fourth-order valence-electron chi connectivity index (χ4n) is 5.49. The zero-order valence-electron chi connectivity index (χ0n) is 24.5. The largest absolute Gasteiger partial charge is 0.475 e. The Labute approximate surface area is 258 Å². The summed E-state index contributed by atoms with van der Waals surface area (Å²) < 4.78 is 0. The Bertz CT molecular complexity index is 1430. The van der Waals surface area contributed by atoms with E-state index in [1.165, 1.54) is 4.90 Å². The number of hydrogen-bond donors (Lipinski definition) is 5. The number of fused-ring (bicyclic) bond motifs is 1. The van der Waals surface area contributed by atoms with E-state index >= 15 is 0 Å². The number of nitrogens with zero attached hydrogens (tertiary/aromatic N) is 1. The fourth-order valence-corrected chi connectivity index (χ4v) is 5.78. The van der Waals surface area contributed by atoms with Gasteiger partial charge in [-0.25, -0.2) is 0 Å². The molecule has 0 aliphatic carbocycles. The number of hydrogen-bond acceptors (Lipinski definition) is 6. The van der Waals surface area contributed by atoms with Crippen molar-refractivity contribution in [2.24, 2.45) is 5.92 Å². The highest BCUT2D eigenvalue weighted by atomic mass is 32.1. The van der Waals surface area contributed by atoms with Gasteiger partial charge in [0.25, 0.3) is 5.91 Å². The maximum Gasteiger partial charge on any atom is 0.475 e. The molecule has 1 saturated heterocycles. The van der Waals surface area contributed by atoms with E-state index < -0.39 is 25.1 Å². The number of benzene rings is 3. The molecular weight excluding hydrogens is 563 g/mol. The molecule has 1 fully saturated rings. The van der Waals surface area contributed by atoms with Crippen molar-refractivity contribution >= 4 is 52.8 Å². The maximum atomic E-state index is 13.6. The highest BCUT2D eigenvalue weighted by Crippen LogP contribution is 2.20. The SMILES string of the molecule is CC(C)C[C@H](NC(=S)[C@H](Cc1ccccc1)NC(=O)[C@@H]1CCCN1C(=O)CNC(=O)c1cccc2ccccc12)B(O)O. The van der Waals surface area contributed by atoms with Crippen molar-refractivity contribution in [1.29, 1.82) is 0 Å². The summed E-state index contributed by atoms with van der Waals surface area (Å²) in [6, 6.07) is 21.2. The molecule has 0 saturated carbocycles. The predicted molar refractivity (Wildman–Crippen MR) is 172 cm³/mol. The quantitative estimate of drug-likeness (QED) is 0.159. The summed E-state index contributed by atoms with van der Waals surface area (Å²) in [7, 11) is -1.62. The molecule has 1 heterocycles. The lowest BCUT2D eigenvalue weighted by molar-refractivity contribution is -0.137. The minimum atomic E-state index is -1.62. The van der Waals surface area contributed by atoms with Crippen LogP contribution >= 0.6 is 12.2 Å². The van der Waals surface area contributed by atoms with Gasteiger partial charge in [-0.2, -0.15) is 0 Å². The van der Waals surface area contributed by atoms with Crippen LogP contribution in [0.15, 0.2) is 72.8 Å². The molecule has 3 atom stereocenters. The summed E-state index contributed by atoms with van der Waals surface area (Å²) in [6.45, 7) is 4.11. The molecule has 4 rings (SSSR count). The van der Waals surface area contributed by atoms with E-state index in [4.69, 9.17) is 12.2 Å². The Morgan fingerprint density at radius 2 is 1.67 bits per heavy atom. The van der Waals surface area contributed by atoms with Crippen LogP contribution in [0.5, 0.6) is 0 Å². The second-order valence-corrected chi connectivity index (χ2v) is 11.8. The first-order chi connectivity index (χ1) is 20.6. The van der Waals surface area contributed by atoms with E-state index in [9.17, 15) is 24.4 Å². The number of rotatable bonds is 12. The van der Waals surface area contributed by atoms with Crippen molar-refractivity contribution < 1.29 is 24.4 Å². The van der Waals surface area contributed by atoms with Crippen LogP contribution in [0.1, 0.15) is 49.0 Å². The number of carbonyl (C=O) groups excluding carboxylic acids is 3. The second kappa shape index (κ2) is 15.1. The Kier molecular flexibility index (Phi) is 11.3. The molecule has 9 nitrogen and oxygen atoms in total. The van der Waals surface area contributed by atoms with Crippen LogP contribution in [0.25, 0.3) is 10.8 Å². The van der Waals surface area contributed by atoms with Gasteiger partial charge < -0.3 is 30.9 Å². The Balaban J connectivity index is 1.42. The van der Waals surface area contributed by atoms with Crippen molar-refractivity contribution in [1.82, 2.24) is 20.9 Å². The monoisotopic (exact) mass is 602 g/mol. The molecule has 3 aromatic carbocycles. The van der Waals surface area contributed by atoms with E-state index in [0.29, 0.717) is 37.8 Å². The summed E-state index contributed by atoms with van der Waals surface area (Å²) in [5, 5.41) is 30.4. The second-order valence-electron chi connectivity index (χ2n) is 11.4. The Morgan fingerprint density at radius 3 is 2.40 bits per heavy atom. The average molecular weight is 603 g/mol. The molecular formula is C32H39BN4O5S. The molecule has 1 aliphatic heterocycles. The molecule has 3 aromatic rings. The molecule has 1 aliphatic rings. The summed E-state index contributed by atoms with van der Waals surface area (Å²) in [5.74, 6) is -1.55. The topological polar surface area (TPSA) is 131 Å². The maximum absolute atomic E-state index is 13.6. The third-order valence-electron chi connectivity index (χ3n) is 7.64. The van der Waals surface area contributed by atoms with Gasteiger partial charge >= 0.3 is 7.12 Å².